The molecule has 1 aromatic heterocycles. The van der Waals surface area contributed by atoms with Crippen molar-refractivity contribution in [3.8, 4) is 0 Å². The summed E-state index contributed by atoms with van der Waals surface area (Å²) in [5.74, 6) is -0.517. The molecule has 2 heterocycles. The van der Waals surface area contributed by atoms with E-state index in [1.54, 1.807) is 13.1 Å². The predicted molar refractivity (Wildman–Crippen MR) is 97.7 cm³/mol. The van der Waals surface area contributed by atoms with E-state index in [9.17, 15) is 13.2 Å². The lowest BCUT2D eigenvalue weighted by Gasteiger charge is -2.35. The third-order valence-electron chi connectivity index (χ3n) is 4.51. The zero-order chi connectivity index (χ0) is 18.9. The highest BCUT2D eigenvalue weighted by molar-refractivity contribution is 7.89. The van der Waals surface area contributed by atoms with Crippen LogP contribution in [0.5, 0.6) is 0 Å². The number of hydrogen-bond donors (Lipinski definition) is 1. The molecule has 2 unspecified atom stereocenters. The van der Waals surface area contributed by atoms with Gasteiger partial charge in [-0.25, -0.2) is 17.9 Å². The fourth-order valence-corrected chi connectivity index (χ4v) is 4.43. The number of aromatic nitrogens is 1. The van der Waals surface area contributed by atoms with Crippen LogP contribution in [-0.4, -0.2) is 56.3 Å². The third-order valence-corrected chi connectivity index (χ3v) is 5.97. The molecule has 1 saturated heterocycles. The van der Waals surface area contributed by atoms with Crippen molar-refractivity contribution in [3.05, 3.63) is 28.7 Å². The second kappa shape index (κ2) is 7.51. The molecule has 1 aromatic carbocycles. The van der Waals surface area contributed by atoms with Crippen LogP contribution in [0, 0.1) is 0 Å². The fourth-order valence-electron chi connectivity index (χ4n) is 3.34. The number of oxazole rings is 1. The Bertz CT molecular complexity index is 924. The van der Waals surface area contributed by atoms with Gasteiger partial charge in [-0.1, -0.05) is 0 Å². The number of hydrogen-bond acceptors (Lipinski definition) is 6. The van der Waals surface area contributed by atoms with E-state index in [4.69, 9.17) is 9.15 Å². The molecule has 0 aliphatic carbocycles. The van der Waals surface area contributed by atoms with Crippen molar-refractivity contribution in [1.29, 1.82) is 0 Å². The van der Waals surface area contributed by atoms with Crippen LogP contribution >= 0.6 is 0 Å². The standard InChI is InChI=1S/C17H25N3O5S/c1-12-10-20(11-13(2)24-12)8-4-7-18-26(22,23)14-5-6-15-16(9-14)25-17(21)19(15)3/h5-6,9,12-13,18H,4,7-8,10-11H2,1-3H3. The Balaban J connectivity index is 1.58. The Morgan fingerprint density at radius 1 is 1.23 bits per heavy atom. The van der Waals surface area contributed by atoms with Crippen molar-refractivity contribution in [3.63, 3.8) is 0 Å². The van der Waals surface area contributed by atoms with E-state index in [-0.39, 0.29) is 22.7 Å². The van der Waals surface area contributed by atoms with Crippen molar-refractivity contribution in [2.24, 2.45) is 7.05 Å². The molecule has 9 heteroatoms. The molecular formula is C17H25N3O5S. The second-order valence-corrected chi connectivity index (χ2v) is 8.59. The summed E-state index contributed by atoms with van der Waals surface area (Å²) in [5.41, 5.74) is 0.821. The van der Waals surface area contributed by atoms with E-state index in [0.29, 0.717) is 18.5 Å². The Morgan fingerprint density at radius 2 is 1.92 bits per heavy atom. The van der Waals surface area contributed by atoms with Crippen LogP contribution in [0.1, 0.15) is 20.3 Å². The monoisotopic (exact) mass is 383 g/mol. The van der Waals surface area contributed by atoms with Gasteiger partial charge >= 0.3 is 5.76 Å². The average molecular weight is 383 g/mol. The summed E-state index contributed by atoms with van der Waals surface area (Å²) in [6.07, 6.45) is 1.10. The van der Waals surface area contributed by atoms with E-state index in [0.717, 1.165) is 19.6 Å². The van der Waals surface area contributed by atoms with Gasteiger partial charge in [0.15, 0.2) is 5.58 Å². The van der Waals surface area contributed by atoms with Crippen molar-refractivity contribution >= 4 is 21.1 Å². The molecule has 1 fully saturated rings. The van der Waals surface area contributed by atoms with Crippen LogP contribution in [0.25, 0.3) is 11.1 Å². The smallest absolute Gasteiger partial charge is 0.408 e. The normalized spacial score (nSPS) is 22.1. The first-order chi connectivity index (χ1) is 12.3. The maximum atomic E-state index is 12.5. The summed E-state index contributed by atoms with van der Waals surface area (Å²) >= 11 is 0. The molecule has 2 aromatic rings. The number of morpholine rings is 1. The summed E-state index contributed by atoms with van der Waals surface area (Å²) < 4.78 is 39.6. The molecule has 0 bridgehead atoms. The van der Waals surface area contributed by atoms with Gasteiger partial charge < -0.3 is 9.15 Å². The number of nitrogens with one attached hydrogen (secondary N) is 1. The molecule has 144 valence electrons. The first-order valence-electron chi connectivity index (χ1n) is 8.73. The van der Waals surface area contributed by atoms with Gasteiger partial charge in [-0.15, -0.1) is 0 Å². The van der Waals surface area contributed by atoms with Gasteiger partial charge in [0.2, 0.25) is 10.0 Å². The highest BCUT2D eigenvalue weighted by Gasteiger charge is 2.22. The average Bonchev–Trinajstić information content (AvgIpc) is 2.85. The van der Waals surface area contributed by atoms with Crippen LogP contribution in [0.2, 0.25) is 0 Å². The van der Waals surface area contributed by atoms with Crippen LogP contribution in [-0.2, 0) is 21.8 Å². The lowest BCUT2D eigenvalue weighted by molar-refractivity contribution is -0.0679. The van der Waals surface area contributed by atoms with E-state index in [1.807, 2.05) is 13.8 Å². The fraction of sp³-hybridized carbons (Fsp3) is 0.588. The quantitative estimate of drug-likeness (QED) is 0.745. The molecule has 1 aliphatic rings. The first-order valence-corrected chi connectivity index (χ1v) is 10.2. The van der Waals surface area contributed by atoms with Gasteiger partial charge in [-0.3, -0.25) is 9.47 Å². The first kappa shape index (κ1) is 19.1. The van der Waals surface area contributed by atoms with Gasteiger partial charge in [0.05, 0.1) is 22.6 Å². The predicted octanol–water partition coefficient (Wildman–Crippen LogP) is 0.909. The highest BCUT2D eigenvalue weighted by atomic mass is 32.2. The van der Waals surface area contributed by atoms with Crippen molar-refractivity contribution in [1.82, 2.24) is 14.2 Å². The molecule has 26 heavy (non-hydrogen) atoms. The summed E-state index contributed by atoms with van der Waals surface area (Å²) in [4.78, 5) is 13.9. The number of benzene rings is 1. The minimum Gasteiger partial charge on any atom is -0.408 e. The zero-order valence-corrected chi connectivity index (χ0v) is 16.1. The molecule has 3 rings (SSSR count). The van der Waals surface area contributed by atoms with E-state index in [2.05, 4.69) is 9.62 Å². The van der Waals surface area contributed by atoms with Crippen molar-refractivity contribution < 1.29 is 17.6 Å². The van der Waals surface area contributed by atoms with Crippen molar-refractivity contribution in [2.75, 3.05) is 26.2 Å². The van der Waals surface area contributed by atoms with Gasteiger partial charge in [-0.2, -0.15) is 0 Å². The number of ether oxygens (including phenoxy) is 1. The largest absolute Gasteiger partial charge is 0.419 e. The molecule has 1 N–H and O–H groups in total. The van der Waals surface area contributed by atoms with E-state index < -0.39 is 15.8 Å². The number of nitrogens with zero attached hydrogens (tertiary/aromatic N) is 2. The van der Waals surface area contributed by atoms with Crippen LogP contribution < -0.4 is 10.5 Å². The van der Waals surface area contributed by atoms with Crippen molar-refractivity contribution in [2.45, 2.75) is 37.4 Å². The van der Waals surface area contributed by atoms with E-state index in [1.165, 1.54) is 16.7 Å². The Morgan fingerprint density at radius 3 is 2.62 bits per heavy atom. The number of aryl methyl sites for hydroxylation is 1. The maximum absolute atomic E-state index is 12.5. The Hall–Kier alpha value is -1.68. The highest BCUT2D eigenvalue weighted by Crippen LogP contribution is 2.18. The lowest BCUT2D eigenvalue weighted by Crippen LogP contribution is -2.46. The van der Waals surface area contributed by atoms with Gasteiger partial charge in [0, 0.05) is 32.7 Å². The topological polar surface area (TPSA) is 93.8 Å². The van der Waals surface area contributed by atoms with E-state index >= 15 is 0 Å². The van der Waals surface area contributed by atoms with Crippen LogP contribution in [0.4, 0.5) is 0 Å². The SMILES string of the molecule is CC1CN(CCCNS(=O)(=O)c2ccc3c(c2)oc(=O)n3C)CC(C)O1. The van der Waals surface area contributed by atoms with Crippen LogP contribution in [0.15, 0.2) is 32.3 Å². The summed E-state index contributed by atoms with van der Waals surface area (Å²) in [5, 5.41) is 0. The molecule has 2 atom stereocenters. The van der Waals surface area contributed by atoms with Gasteiger partial charge in [0.1, 0.15) is 0 Å². The number of sulfonamides is 1. The lowest BCUT2D eigenvalue weighted by atomic mass is 10.2. The zero-order valence-electron chi connectivity index (χ0n) is 15.3. The number of fused-ring (bicyclic) bond motifs is 1. The Kier molecular flexibility index (Phi) is 5.52. The van der Waals surface area contributed by atoms with Crippen LogP contribution in [0.3, 0.4) is 0 Å². The molecule has 1 aliphatic heterocycles. The third kappa shape index (κ3) is 4.17. The molecule has 0 radical (unpaired) electrons. The molecule has 8 nitrogen and oxygen atoms in total. The second-order valence-electron chi connectivity index (χ2n) is 6.82. The molecule has 0 spiro atoms. The van der Waals surface area contributed by atoms with Gasteiger partial charge in [-0.05, 0) is 38.9 Å². The van der Waals surface area contributed by atoms with Gasteiger partial charge in [0.25, 0.3) is 0 Å². The summed E-state index contributed by atoms with van der Waals surface area (Å²) in [7, 11) is -2.07. The summed E-state index contributed by atoms with van der Waals surface area (Å²) in [6, 6.07) is 4.43. The molecule has 0 saturated carbocycles. The summed E-state index contributed by atoms with van der Waals surface area (Å²) in [6.45, 7) is 6.97. The minimum absolute atomic E-state index is 0.0907. The maximum Gasteiger partial charge on any atom is 0.419 e. The number of rotatable bonds is 6. The molecular weight excluding hydrogens is 358 g/mol. The Labute approximate surface area is 152 Å². The molecule has 0 amide bonds. The minimum atomic E-state index is -3.64.